The van der Waals surface area contributed by atoms with Crippen LogP contribution in [0.25, 0.3) is 10.2 Å². The number of amides is 1. The van der Waals surface area contributed by atoms with Crippen LogP contribution in [0.2, 0.25) is 5.02 Å². The number of carbonyl (C=O) groups excluding carboxylic acids is 2. The highest BCUT2D eigenvalue weighted by Crippen LogP contribution is 2.22. The number of anilines is 1. The molecule has 0 aliphatic carbocycles. The second-order valence-corrected chi connectivity index (χ2v) is 10.4. The molecule has 3 aromatic carbocycles. The van der Waals surface area contributed by atoms with Gasteiger partial charge in [0.2, 0.25) is 0 Å². The standard InChI is InChI=1S/C24H20ClN3O5S2/c1-2-33-22(29)15-28-20-13-10-17(25)14-21(20)34-24(28)26-23(30)16-8-11-18(12-9-16)27-35(31,32)19-6-4-3-5-7-19/h3-14,27H,2,15H2,1H3. The molecule has 0 saturated carbocycles. The van der Waals surface area contributed by atoms with Gasteiger partial charge in [-0.15, -0.1) is 0 Å². The molecule has 180 valence electrons. The van der Waals surface area contributed by atoms with E-state index in [1.54, 1.807) is 47.9 Å². The molecule has 1 amide bonds. The molecule has 0 spiro atoms. The third-order valence-corrected chi connectivity index (χ3v) is 7.55. The molecule has 4 aromatic rings. The summed E-state index contributed by atoms with van der Waals surface area (Å²) in [7, 11) is -3.75. The minimum atomic E-state index is -3.75. The average molecular weight is 530 g/mol. The number of nitrogens with one attached hydrogen (secondary N) is 1. The van der Waals surface area contributed by atoms with E-state index in [-0.39, 0.29) is 23.6 Å². The van der Waals surface area contributed by atoms with E-state index in [0.717, 1.165) is 4.70 Å². The molecule has 0 bridgehead atoms. The third kappa shape index (κ3) is 5.79. The zero-order valence-electron chi connectivity index (χ0n) is 18.5. The number of sulfonamides is 1. The molecule has 0 saturated heterocycles. The van der Waals surface area contributed by atoms with Crippen LogP contribution >= 0.6 is 22.9 Å². The monoisotopic (exact) mass is 529 g/mol. The predicted octanol–water partition coefficient (Wildman–Crippen LogP) is 4.46. The van der Waals surface area contributed by atoms with Crippen molar-refractivity contribution in [3.8, 4) is 0 Å². The first-order chi connectivity index (χ1) is 16.8. The van der Waals surface area contributed by atoms with Gasteiger partial charge in [0.05, 0.1) is 21.7 Å². The Morgan fingerprint density at radius 1 is 1.06 bits per heavy atom. The van der Waals surface area contributed by atoms with E-state index < -0.39 is 21.9 Å². The molecular formula is C24H20ClN3O5S2. The molecule has 0 aliphatic rings. The Morgan fingerprint density at radius 2 is 1.77 bits per heavy atom. The fraction of sp³-hybridized carbons (Fsp3) is 0.125. The Bertz CT molecular complexity index is 1560. The van der Waals surface area contributed by atoms with Crippen molar-refractivity contribution in [3.05, 3.63) is 88.2 Å². The molecule has 4 rings (SSSR count). The van der Waals surface area contributed by atoms with E-state index in [0.29, 0.717) is 21.0 Å². The third-order valence-electron chi connectivity index (χ3n) is 4.87. The minimum Gasteiger partial charge on any atom is -0.465 e. The second-order valence-electron chi connectivity index (χ2n) is 7.30. The number of benzene rings is 3. The summed E-state index contributed by atoms with van der Waals surface area (Å²) >= 11 is 7.32. The largest absolute Gasteiger partial charge is 0.465 e. The molecule has 1 aromatic heterocycles. The molecule has 0 aliphatic heterocycles. The van der Waals surface area contributed by atoms with Crippen LogP contribution in [0.4, 0.5) is 5.69 Å². The second kappa shape index (κ2) is 10.4. The van der Waals surface area contributed by atoms with Crippen LogP contribution in [0.1, 0.15) is 17.3 Å². The summed E-state index contributed by atoms with van der Waals surface area (Å²) in [4.78, 5) is 29.7. The fourth-order valence-corrected chi connectivity index (χ4v) is 5.65. The van der Waals surface area contributed by atoms with Gasteiger partial charge in [0, 0.05) is 16.3 Å². The maximum absolute atomic E-state index is 12.9. The van der Waals surface area contributed by atoms with Gasteiger partial charge in [-0.1, -0.05) is 41.1 Å². The highest BCUT2D eigenvalue weighted by Gasteiger charge is 2.15. The number of halogens is 1. The fourth-order valence-electron chi connectivity index (χ4n) is 3.27. The number of rotatable bonds is 7. The van der Waals surface area contributed by atoms with Crippen molar-refractivity contribution in [2.75, 3.05) is 11.3 Å². The first-order valence-corrected chi connectivity index (χ1v) is 13.2. The van der Waals surface area contributed by atoms with E-state index in [2.05, 4.69) is 9.71 Å². The molecule has 1 N–H and O–H groups in total. The van der Waals surface area contributed by atoms with Crippen molar-refractivity contribution in [2.24, 2.45) is 4.99 Å². The van der Waals surface area contributed by atoms with Crippen LogP contribution in [-0.4, -0.2) is 31.5 Å². The molecule has 35 heavy (non-hydrogen) atoms. The smallest absolute Gasteiger partial charge is 0.326 e. The minimum absolute atomic E-state index is 0.109. The van der Waals surface area contributed by atoms with Crippen LogP contribution in [0.3, 0.4) is 0 Å². The topological polar surface area (TPSA) is 107 Å². The van der Waals surface area contributed by atoms with Gasteiger partial charge >= 0.3 is 5.97 Å². The molecule has 1 heterocycles. The van der Waals surface area contributed by atoms with Crippen LogP contribution < -0.4 is 9.52 Å². The molecule has 0 fully saturated rings. The van der Waals surface area contributed by atoms with Crippen molar-refractivity contribution < 1.29 is 22.7 Å². The summed E-state index contributed by atoms with van der Waals surface area (Å²) in [6.45, 7) is 1.84. The molecule has 8 nitrogen and oxygen atoms in total. The van der Waals surface area contributed by atoms with E-state index >= 15 is 0 Å². The maximum atomic E-state index is 12.9. The van der Waals surface area contributed by atoms with Crippen molar-refractivity contribution in [3.63, 3.8) is 0 Å². The lowest BCUT2D eigenvalue weighted by Gasteiger charge is -2.08. The Labute approximate surface area is 210 Å². The Morgan fingerprint density at radius 3 is 2.46 bits per heavy atom. The van der Waals surface area contributed by atoms with Crippen LogP contribution in [0.15, 0.2) is 82.7 Å². The molecule has 0 unspecified atom stereocenters. The maximum Gasteiger partial charge on any atom is 0.326 e. The highest BCUT2D eigenvalue weighted by atomic mass is 35.5. The summed E-state index contributed by atoms with van der Waals surface area (Å²) in [6, 6.07) is 19.1. The zero-order chi connectivity index (χ0) is 25.0. The van der Waals surface area contributed by atoms with Gasteiger partial charge in [-0.2, -0.15) is 4.99 Å². The van der Waals surface area contributed by atoms with Gasteiger partial charge < -0.3 is 9.30 Å². The van der Waals surface area contributed by atoms with Crippen molar-refractivity contribution in [1.82, 2.24) is 4.57 Å². The number of hydrogen-bond acceptors (Lipinski definition) is 6. The first kappa shape index (κ1) is 24.6. The Balaban J connectivity index is 1.62. The highest BCUT2D eigenvalue weighted by molar-refractivity contribution is 7.92. The van der Waals surface area contributed by atoms with Crippen molar-refractivity contribution >= 4 is 60.7 Å². The molecular weight excluding hydrogens is 510 g/mol. The number of fused-ring (bicyclic) bond motifs is 1. The zero-order valence-corrected chi connectivity index (χ0v) is 20.9. The first-order valence-electron chi connectivity index (χ1n) is 10.5. The van der Waals surface area contributed by atoms with E-state index in [1.807, 2.05) is 0 Å². The van der Waals surface area contributed by atoms with Gasteiger partial charge in [-0.25, -0.2) is 8.42 Å². The number of carbonyl (C=O) groups is 2. The van der Waals surface area contributed by atoms with Gasteiger partial charge in [0.1, 0.15) is 6.54 Å². The van der Waals surface area contributed by atoms with Gasteiger partial charge in [-0.3, -0.25) is 14.3 Å². The SMILES string of the molecule is CCOC(=O)Cn1c(=NC(=O)c2ccc(NS(=O)(=O)c3ccccc3)cc2)sc2cc(Cl)ccc21. The lowest BCUT2D eigenvalue weighted by molar-refractivity contribution is -0.143. The normalized spacial score (nSPS) is 12.0. The van der Waals surface area contributed by atoms with Crippen molar-refractivity contribution in [2.45, 2.75) is 18.4 Å². The summed E-state index contributed by atoms with van der Waals surface area (Å²) in [6.07, 6.45) is 0. The lowest BCUT2D eigenvalue weighted by atomic mass is 10.2. The summed E-state index contributed by atoms with van der Waals surface area (Å²) in [5.74, 6) is -0.996. The Hall–Kier alpha value is -3.47. The van der Waals surface area contributed by atoms with Crippen LogP contribution in [0, 0.1) is 0 Å². The van der Waals surface area contributed by atoms with Crippen LogP contribution in [0.5, 0.6) is 0 Å². The van der Waals surface area contributed by atoms with Crippen molar-refractivity contribution in [1.29, 1.82) is 0 Å². The Kier molecular flexibility index (Phi) is 7.34. The summed E-state index contributed by atoms with van der Waals surface area (Å²) in [5, 5.41) is 0.522. The average Bonchev–Trinajstić information content (AvgIpc) is 3.15. The lowest BCUT2D eigenvalue weighted by Crippen LogP contribution is -2.23. The summed E-state index contributed by atoms with van der Waals surface area (Å²) in [5.41, 5.74) is 1.26. The van der Waals surface area contributed by atoms with Gasteiger partial charge in [0.15, 0.2) is 4.80 Å². The number of aromatic nitrogens is 1. The van der Waals surface area contributed by atoms with E-state index in [1.165, 1.54) is 47.7 Å². The van der Waals surface area contributed by atoms with E-state index in [9.17, 15) is 18.0 Å². The molecule has 11 heteroatoms. The van der Waals surface area contributed by atoms with E-state index in [4.69, 9.17) is 16.3 Å². The number of ether oxygens (including phenoxy) is 1. The predicted molar refractivity (Wildman–Crippen MR) is 135 cm³/mol. The van der Waals surface area contributed by atoms with Crippen LogP contribution in [-0.2, 0) is 26.1 Å². The number of thiazole rings is 1. The molecule has 0 atom stereocenters. The van der Waals surface area contributed by atoms with Gasteiger partial charge in [0.25, 0.3) is 15.9 Å². The quantitative estimate of drug-likeness (QED) is 0.356. The number of hydrogen-bond donors (Lipinski definition) is 1. The summed E-state index contributed by atoms with van der Waals surface area (Å²) < 4.78 is 34.9. The number of esters is 1. The molecule has 0 radical (unpaired) electrons. The number of nitrogens with zero attached hydrogens (tertiary/aromatic N) is 2. The van der Waals surface area contributed by atoms with Gasteiger partial charge in [-0.05, 0) is 61.5 Å².